The molecular formula is C12H17F3N2O2. The molecule has 0 amide bonds. The van der Waals surface area contributed by atoms with E-state index in [4.69, 9.17) is 5.73 Å². The molecule has 108 valence electrons. The van der Waals surface area contributed by atoms with Crippen LogP contribution < -0.4 is 11.1 Å². The van der Waals surface area contributed by atoms with Gasteiger partial charge in [-0.05, 0) is 43.8 Å². The molecule has 1 aromatic carbocycles. The Hall–Kier alpha value is -1.31. The van der Waals surface area contributed by atoms with Gasteiger partial charge in [-0.15, -0.1) is 0 Å². The number of nitrogens with two attached hydrogens (primary N) is 1. The van der Waals surface area contributed by atoms with Crippen molar-refractivity contribution in [2.24, 2.45) is 0 Å². The Labute approximate surface area is 109 Å². The summed E-state index contributed by atoms with van der Waals surface area (Å²) in [6.45, 7) is 0.377. The molecule has 2 unspecified atom stereocenters. The van der Waals surface area contributed by atoms with Crippen LogP contribution in [-0.2, 0) is 6.18 Å². The monoisotopic (exact) mass is 278 g/mol. The molecule has 0 saturated carbocycles. The number of alkyl halides is 3. The number of halogens is 3. The van der Waals surface area contributed by atoms with Crippen LogP contribution >= 0.6 is 0 Å². The fourth-order valence-electron chi connectivity index (χ4n) is 1.74. The molecule has 0 bridgehead atoms. The van der Waals surface area contributed by atoms with Crippen molar-refractivity contribution in [2.45, 2.75) is 24.8 Å². The van der Waals surface area contributed by atoms with E-state index < -0.39 is 29.5 Å². The molecule has 1 aromatic rings. The second kappa shape index (κ2) is 6.23. The molecule has 0 heterocycles. The standard InChI is InChI=1S/C12H17F3N2O2/c1-17-5-4-10(18)11(19)8-6-7(16)2-3-9(8)12(13,14)15/h2-3,6,10-11,17-19H,4-5,16H2,1H3. The highest BCUT2D eigenvalue weighted by atomic mass is 19.4. The van der Waals surface area contributed by atoms with Crippen molar-refractivity contribution < 1.29 is 23.4 Å². The lowest BCUT2D eigenvalue weighted by Crippen LogP contribution is -2.25. The summed E-state index contributed by atoms with van der Waals surface area (Å²) in [5.74, 6) is 0. The van der Waals surface area contributed by atoms with Crippen LogP contribution in [0.3, 0.4) is 0 Å². The second-order valence-electron chi connectivity index (χ2n) is 4.25. The Bertz CT molecular complexity index is 424. The molecule has 0 aliphatic heterocycles. The highest BCUT2D eigenvalue weighted by Gasteiger charge is 2.36. The average Bonchev–Trinajstić information content (AvgIpc) is 2.33. The lowest BCUT2D eigenvalue weighted by Gasteiger charge is -2.22. The molecule has 0 aliphatic carbocycles. The summed E-state index contributed by atoms with van der Waals surface area (Å²) in [5.41, 5.74) is 4.14. The summed E-state index contributed by atoms with van der Waals surface area (Å²) < 4.78 is 38.4. The zero-order valence-electron chi connectivity index (χ0n) is 10.4. The molecular weight excluding hydrogens is 261 g/mol. The first-order valence-corrected chi connectivity index (χ1v) is 5.74. The lowest BCUT2D eigenvalue weighted by molar-refractivity contribution is -0.139. The number of anilines is 1. The Morgan fingerprint density at radius 2 is 1.95 bits per heavy atom. The Morgan fingerprint density at radius 3 is 2.47 bits per heavy atom. The minimum absolute atomic E-state index is 0.0999. The van der Waals surface area contributed by atoms with E-state index >= 15 is 0 Å². The van der Waals surface area contributed by atoms with Crippen molar-refractivity contribution in [2.75, 3.05) is 19.3 Å². The van der Waals surface area contributed by atoms with E-state index in [1.54, 1.807) is 7.05 Å². The van der Waals surface area contributed by atoms with Crippen molar-refractivity contribution >= 4 is 5.69 Å². The van der Waals surface area contributed by atoms with Crippen LogP contribution in [0.25, 0.3) is 0 Å². The van der Waals surface area contributed by atoms with Crippen molar-refractivity contribution in [3.63, 3.8) is 0 Å². The van der Waals surface area contributed by atoms with Gasteiger partial charge in [0.1, 0.15) is 6.10 Å². The van der Waals surface area contributed by atoms with E-state index in [1.165, 1.54) is 0 Å². The molecule has 4 nitrogen and oxygen atoms in total. The van der Waals surface area contributed by atoms with Crippen molar-refractivity contribution in [3.8, 4) is 0 Å². The maximum atomic E-state index is 12.8. The van der Waals surface area contributed by atoms with Crippen LogP contribution in [0, 0.1) is 0 Å². The Kier molecular flexibility index (Phi) is 5.16. The number of hydrogen-bond donors (Lipinski definition) is 4. The highest BCUT2D eigenvalue weighted by Crippen LogP contribution is 2.36. The van der Waals surface area contributed by atoms with Crippen molar-refractivity contribution in [1.82, 2.24) is 5.32 Å². The van der Waals surface area contributed by atoms with Crippen molar-refractivity contribution in [3.05, 3.63) is 29.3 Å². The SMILES string of the molecule is CNCCC(O)C(O)c1cc(N)ccc1C(F)(F)F. The normalized spacial score (nSPS) is 15.3. The Balaban J connectivity index is 3.07. The molecule has 19 heavy (non-hydrogen) atoms. The van der Waals surface area contributed by atoms with E-state index in [-0.39, 0.29) is 12.1 Å². The van der Waals surface area contributed by atoms with Gasteiger partial charge in [-0.1, -0.05) is 0 Å². The summed E-state index contributed by atoms with van der Waals surface area (Å²) in [4.78, 5) is 0. The molecule has 1 rings (SSSR count). The van der Waals surface area contributed by atoms with E-state index in [2.05, 4.69) is 5.32 Å². The minimum atomic E-state index is -4.60. The number of nitrogens with one attached hydrogen (secondary N) is 1. The molecule has 0 saturated heterocycles. The Morgan fingerprint density at radius 1 is 1.32 bits per heavy atom. The maximum absolute atomic E-state index is 12.8. The molecule has 7 heteroatoms. The van der Waals surface area contributed by atoms with Gasteiger partial charge in [0.2, 0.25) is 0 Å². The van der Waals surface area contributed by atoms with E-state index in [9.17, 15) is 23.4 Å². The number of aliphatic hydroxyl groups is 2. The quantitative estimate of drug-likeness (QED) is 0.612. The number of benzene rings is 1. The third-order valence-corrected chi connectivity index (χ3v) is 2.75. The van der Waals surface area contributed by atoms with E-state index in [0.717, 1.165) is 18.2 Å². The molecule has 0 spiro atoms. The molecule has 5 N–H and O–H groups in total. The van der Waals surface area contributed by atoms with Gasteiger partial charge in [0.05, 0.1) is 11.7 Å². The lowest BCUT2D eigenvalue weighted by atomic mass is 9.96. The van der Waals surface area contributed by atoms with Gasteiger partial charge in [0, 0.05) is 5.69 Å². The van der Waals surface area contributed by atoms with Crippen molar-refractivity contribution in [1.29, 1.82) is 0 Å². The third-order valence-electron chi connectivity index (χ3n) is 2.75. The largest absolute Gasteiger partial charge is 0.416 e. The molecule has 2 atom stereocenters. The van der Waals surface area contributed by atoms with Gasteiger partial charge in [0.25, 0.3) is 0 Å². The third kappa shape index (κ3) is 4.09. The molecule has 0 aliphatic rings. The van der Waals surface area contributed by atoms with Gasteiger partial charge in [-0.25, -0.2) is 0 Å². The molecule has 0 radical (unpaired) electrons. The fraction of sp³-hybridized carbons (Fsp3) is 0.500. The number of rotatable bonds is 5. The zero-order valence-corrected chi connectivity index (χ0v) is 10.4. The van der Waals surface area contributed by atoms with Gasteiger partial charge in [-0.2, -0.15) is 13.2 Å². The first kappa shape index (κ1) is 15.7. The molecule has 0 fully saturated rings. The van der Waals surface area contributed by atoms with Crippen LogP contribution in [-0.4, -0.2) is 29.9 Å². The summed E-state index contributed by atoms with van der Waals surface area (Å²) in [6, 6.07) is 2.95. The predicted octanol–water partition coefficient (Wildman–Crippen LogP) is 1.29. The van der Waals surface area contributed by atoms with E-state index in [1.807, 2.05) is 0 Å². The summed E-state index contributed by atoms with van der Waals surface area (Å²) >= 11 is 0. The first-order valence-electron chi connectivity index (χ1n) is 5.74. The van der Waals surface area contributed by atoms with Crippen LogP contribution in [0.5, 0.6) is 0 Å². The number of aliphatic hydroxyl groups excluding tert-OH is 2. The second-order valence-corrected chi connectivity index (χ2v) is 4.25. The summed E-state index contributed by atoms with van der Waals surface area (Å²) in [7, 11) is 1.64. The predicted molar refractivity (Wildman–Crippen MR) is 65.4 cm³/mol. The van der Waals surface area contributed by atoms with Gasteiger partial charge >= 0.3 is 6.18 Å². The van der Waals surface area contributed by atoms with Gasteiger partial charge in [0.15, 0.2) is 0 Å². The maximum Gasteiger partial charge on any atom is 0.416 e. The number of nitrogen functional groups attached to an aromatic ring is 1. The number of hydrogen-bond acceptors (Lipinski definition) is 4. The van der Waals surface area contributed by atoms with Gasteiger partial charge in [-0.3, -0.25) is 0 Å². The zero-order chi connectivity index (χ0) is 14.6. The average molecular weight is 278 g/mol. The first-order chi connectivity index (χ1) is 8.77. The summed E-state index contributed by atoms with van der Waals surface area (Å²) in [6.07, 6.45) is -7.40. The highest BCUT2D eigenvalue weighted by molar-refractivity contribution is 5.46. The summed E-state index contributed by atoms with van der Waals surface area (Å²) in [5, 5.41) is 22.3. The van der Waals surface area contributed by atoms with Crippen LogP contribution in [0.1, 0.15) is 23.7 Å². The van der Waals surface area contributed by atoms with E-state index in [0.29, 0.717) is 6.54 Å². The topological polar surface area (TPSA) is 78.5 Å². The smallest absolute Gasteiger partial charge is 0.399 e. The minimum Gasteiger partial charge on any atom is -0.399 e. The van der Waals surface area contributed by atoms with Crippen LogP contribution in [0.15, 0.2) is 18.2 Å². The fourth-order valence-corrected chi connectivity index (χ4v) is 1.74. The van der Waals surface area contributed by atoms with Gasteiger partial charge < -0.3 is 21.3 Å². The molecule has 0 aromatic heterocycles. The van der Waals surface area contributed by atoms with Crippen LogP contribution in [0.4, 0.5) is 18.9 Å². The van der Waals surface area contributed by atoms with Crippen LogP contribution in [0.2, 0.25) is 0 Å².